The fraction of sp³-hybridized carbons (Fsp3) is 0.750. The predicted molar refractivity (Wildman–Crippen MR) is 153 cm³/mol. The molecule has 2 bridgehead atoms. The average molecular weight is 637 g/mol. The van der Waals surface area contributed by atoms with Crippen molar-refractivity contribution in [2.45, 2.75) is 124 Å². The lowest BCUT2D eigenvalue weighted by molar-refractivity contribution is -0.356. The molecule has 3 aliphatic carbocycles. The Morgan fingerprint density at radius 1 is 0.711 bits per heavy atom. The van der Waals surface area contributed by atoms with Crippen LogP contribution in [0.15, 0.2) is 11.1 Å². The van der Waals surface area contributed by atoms with Crippen molar-refractivity contribution < 1.29 is 61.9 Å². The predicted octanol–water partition coefficient (Wildman–Crippen LogP) is 2.75. The molecule has 0 aromatic rings. The van der Waals surface area contributed by atoms with E-state index in [9.17, 15) is 28.8 Å². The van der Waals surface area contributed by atoms with Gasteiger partial charge in [0.05, 0.1) is 17.9 Å². The standard InChI is InChI=1S/C32H44O13/c1-14-22(40-15(2)33)11-21-26(42-17(4)35)28-31(10,23(41-16(3)34)12-24-32(28,13-39-24)45-20(7)38)29(44-19(6)37)27(43-18(5)36)25(14)30(21,8)9/h21-24,26-29H,11-13H2,1-10H3/t21-,22-,23-,24+,26-,27+,28-,29-,31+,32-/m0/s1. The molecular weight excluding hydrogens is 592 g/mol. The number of esters is 6. The first-order chi connectivity index (χ1) is 20.8. The molecule has 1 saturated heterocycles. The van der Waals surface area contributed by atoms with Crippen LogP contribution in [0.2, 0.25) is 0 Å². The van der Waals surface area contributed by atoms with Crippen LogP contribution in [-0.4, -0.2) is 84.6 Å². The van der Waals surface area contributed by atoms with E-state index in [1.807, 2.05) is 13.8 Å². The van der Waals surface area contributed by atoms with E-state index in [0.29, 0.717) is 11.1 Å². The summed E-state index contributed by atoms with van der Waals surface area (Å²) in [4.78, 5) is 76.4. The summed E-state index contributed by atoms with van der Waals surface area (Å²) in [6.07, 6.45) is -6.11. The highest BCUT2D eigenvalue weighted by Gasteiger charge is 2.77. The lowest BCUT2D eigenvalue weighted by Crippen LogP contribution is -2.80. The summed E-state index contributed by atoms with van der Waals surface area (Å²) in [6, 6.07) is 0. The summed E-state index contributed by atoms with van der Waals surface area (Å²) < 4.78 is 42.2. The van der Waals surface area contributed by atoms with Crippen LogP contribution in [0.1, 0.15) is 82.1 Å². The van der Waals surface area contributed by atoms with Gasteiger partial charge in [-0.2, -0.15) is 0 Å². The van der Waals surface area contributed by atoms with Gasteiger partial charge in [0, 0.05) is 53.9 Å². The Labute approximate surface area is 262 Å². The number of carbonyl (C=O) groups excluding carboxylic acids is 6. The number of hydrogen-bond donors (Lipinski definition) is 0. The van der Waals surface area contributed by atoms with E-state index in [2.05, 4.69) is 0 Å². The molecule has 45 heavy (non-hydrogen) atoms. The third-order valence-electron chi connectivity index (χ3n) is 10.1. The van der Waals surface area contributed by atoms with Crippen LogP contribution in [-0.2, 0) is 61.9 Å². The highest BCUT2D eigenvalue weighted by atomic mass is 16.6. The molecule has 0 unspecified atom stereocenters. The summed E-state index contributed by atoms with van der Waals surface area (Å²) >= 11 is 0. The Balaban J connectivity index is 2.18. The van der Waals surface area contributed by atoms with Gasteiger partial charge in [-0.05, 0) is 29.9 Å². The third-order valence-corrected chi connectivity index (χ3v) is 10.1. The summed E-state index contributed by atoms with van der Waals surface area (Å²) in [5.74, 6) is -5.53. The number of carbonyl (C=O) groups is 6. The van der Waals surface area contributed by atoms with Crippen LogP contribution in [0.3, 0.4) is 0 Å². The molecule has 1 aliphatic heterocycles. The first kappa shape index (κ1) is 34.4. The lowest BCUT2D eigenvalue weighted by atomic mass is 9.45. The maximum Gasteiger partial charge on any atom is 0.303 e. The Morgan fingerprint density at radius 3 is 1.73 bits per heavy atom. The molecule has 13 nitrogen and oxygen atoms in total. The van der Waals surface area contributed by atoms with E-state index in [0.717, 1.165) is 0 Å². The van der Waals surface area contributed by atoms with E-state index in [1.54, 1.807) is 13.8 Å². The maximum atomic E-state index is 12.9. The Bertz CT molecular complexity index is 1320. The van der Waals surface area contributed by atoms with Crippen LogP contribution < -0.4 is 0 Å². The van der Waals surface area contributed by atoms with E-state index >= 15 is 0 Å². The second-order valence-electron chi connectivity index (χ2n) is 13.4. The molecule has 0 amide bonds. The van der Waals surface area contributed by atoms with E-state index in [4.69, 9.17) is 33.2 Å². The molecule has 4 aliphatic rings. The Kier molecular flexibility index (Phi) is 9.20. The van der Waals surface area contributed by atoms with E-state index in [1.165, 1.54) is 41.5 Å². The zero-order valence-corrected chi connectivity index (χ0v) is 27.5. The van der Waals surface area contributed by atoms with Gasteiger partial charge >= 0.3 is 35.8 Å². The van der Waals surface area contributed by atoms with Crippen LogP contribution in [0.5, 0.6) is 0 Å². The molecular formula is C32H44O13. The zero-order chi connectivity index (χ0) is 33.8. The maximum absolute atomic E-state index is 12.9. The van der Waals surface area contributed by atoms with Crippen LogP contribution >= 0.6 is 0 Å². The zero-order valence-electron chi connectivity index (χ0n) is 27.5. The molecule has 2 saturated carbocycles. The highest BCUT2D eigenvalue weighted by Crippen LogP contribution is 2.65. The SMILES string of the molecule is CC(=O)O[C@@H]1[C@@H]2[C@]3(OC(C)=O)CO[C@@H]3C[C@H](OC(C)=O)[C@@]2(C)[C@@H](OC(C)=O)[C@H](OC(C)=O)C2=C(C)[C@@H](OC(C)=O)C[C@@H]1C2(C)C. The minimum atomic E-state index is -1.50. The molecule has 250 valence electrons. The van der Waals surface area contributed by atoms with Gasteiger partial charge in [-0.1, -0.05) is 20.8 Å². The molecule has 0 radical (unpaired) electrons. The van der Waals surface area contributed by atoms with Gasteiger partial charge in [-0.3, -0.25) is 28.8 Å². The molecule has 0 spiro atoms. The first-order valence-electron chi connectivity index (χ1n) is 15.2. The number of hydrogen-bond acceptors (Lipinski definition) is 13. The van der Waals surface area contributed by atoms with Crippen molar-refractivity contribution in [1.29, 1.82) is 0 Å². The minimum absolute atomic E-state index is 0.0410. The normalized spacial score (nSPS) is 38.0. The van der Waals surface area contributed by atoms with Crippen LogP contribution in [0.4, 0.5) is 0 Å². The molecule has 3 fully saturated rings. The van der Waals surface area contributed by atoms with Gasteiger partial charge in [0.15, 0.2) is 17.8 Å². The van der Waals surface area contributed by atoms with Crippen molar-refractivity contribution in [3.05, 3.63) is 11.1 Å². The Morgan fingerprint density at radius 2 is 1.27 bits per heavy atom. The van der Waals surface area contributed by atoms with Crippen LogP contribution in [0.25, 0.3) is 0 Å². The van der Waals surface area contributed by atoms with Crippen molar-refractivity contribution >= 4 is 35.8 Å². The van der Waals surface area contributed by atoms with Crippen molar-refractivity contribution in [3.63, 3.8) is 0 Å². The van der Waals surface area contributed by atoms with Gasteiger partial charge in [0.1, 0.15) is 24.4 Å². The molecule has 1 heterocycles. The van der Waals surface area contributed by atoms with Gasteiger partial charge in [0.25, 0.3) is 0 Å². The summed E-state index contributed by atoms with van der Waals surface area (Å²) in [5, 5.41) is 0. The molecule has 13 heteroatoms. The average Bonchev–Trinajstić information content (AvgIpc) is 2.86. The van der Waals surface area contributed by atoms with Crippen molar-refractivity contribution in [2.24, 2.45) is 22.7 Å². The van der Waals surface area contributed by atoms with E-state index < -0.39 is 101 Å². The number of fused-ring (bicyclic) bond motifs is 5. The summed E-state index contributed by atoms with van der Waals surface area (Å²) in [7, 11) is 0. The molecule has 0 N–H and O–H groups in total. The number of rotatable bonds is 6. The van der Waals surface area contributed by atoms with Crippen molar-refractivity contribution in [3.8, 4) is 0 Å². The summed E-state index contributed by atoms with van der Waals surface area (Å²) in [5.41, 5.74) is -2.76. The van der Waals surface area contributed by atoms with Crippen LogP contribution in [0, 0.1) is 22.7 Å². The van der Waals surface area contributed by atoms with Crippen molar-refractivity contribution in [2.75, 3.05) is 6.61 Å². The van der Waals surface area contributed by atoms with Gasteiger partial charge < -0.3 is 33.2 Å². The van der Waals surface area contributed by atoms with Gasteiger partial charge in [-0.25, -0.2) is 0 Å². The largest absolute Gasteiger partial charge is 0.462 e. The molecule has 0 aromatic carbocycles. The third kappa shape index (κ3) is 5.83. The monoisotopic (exact) mass is 636 g/mol. The topological polar surface area (TPSA) is 167 Å². The first-order valence-corrected chi connectivity index (χ1v) is 15.2. The quantitative estimate of drug-likeness (QED) is 0.237. The minimum Gasteiger partial charge on any atom is -0.462 e. The molecule has 4 rings (SSSR count). The molecule has 0 aromatic heterocycles. The fourth-order valence-electron chi connectivity index (χ4n) is 8.67. The summed E-state index contributed by atoms with van der Waals surface area (Å²) in [6.45, 7) is 14.6. The second-order valence-corrected chi connectivity index (χ2v) is 13.4. The highest BCUT2D eigenvalue weighted by molar-refractivity contribution is 5.70. The smallest absolute Gasteiger partial charge is 0.303 e. The number of ether oxygens (including phenoxy) is 7. The van der Waals surface area contributed by atoms with Crippen molar-refractivity contribution in [1.82, 2.24) is 0 Å². The lowest BCUT2D eigenvalue weighted by Gasteiger charge is -2.68. The fourth-order valence-corrected chi connectivity index (χ4v) is 8.67. The van der Waals surface area contributed by atoms with E-state index in [-0.39, 0.29) is 19.4 Å². The Hall–Kier alpha value is -3.48. The second kappa shape index (κ2) is 12.0. The van der Waals surface area contributed by atoms with Gasteiger partial charge in [0.2, 0.25) is 0 Å². The molecule has 10 atom stereocenters. The van der Waals surface area contributed by atoms with Gasteiger partial charge in [-0.15, -0.1) is 0 Å².